The molecule has 0 spiro atoms. The highest BCUT2D eigenvalue weighted by atomic mass is 79.9. The van der Waals surface area contributed by atoms with Crippen molar-refractivity contribution in [3.8, 4) is 0 Å². The number of amides is 1. The summed E-state index contributed by atoms with van der Waals surface area (Å²) in [4.78, 5) is 13.7. The molecule has 1 fully saturated rings. The van der Waals surface area contributed by atoms with Gasteiger partial charge >= 0.3 is 0 Å². The van der Waals surface area contributed by atoms with Crippen LogP contribution in [0.1, 0.15) is 27.2 Å². The highest BCUT2D eigenvalue weighted by Crippen LogP contribution is 2.24. The zero-order chi connectivity index (χ0) is 10.9. The van der Waals surface area contributed by atoms with Crippen LogP contribution in [0.25, 0.3) is 0 Å². The molecule has 0 aliphatic carbocycles. The Morgan fingerprint density at radius 3 is 2.57 bits per heavy atom. The van der Waals surface area contributed by atoms with E-state index in [1.807, 2.05) is 25.7 Å². The van der Waals surface area contributed by atoms with E-state index in [4.69, 9.17) is 0 Å². The number of piperidine rings is 1. The van der Waals surface area contributed by atoms with Gasteiger partial charge in [-0.15, -0.1) is 0 Å². The third kappa shape index (κ3) is 2.70. The summed E-state index contributed by atoms with van der Waals surface area (Å²) in [6.07, 6.45) is 0.438. The molecule has 1 aliphatic rings. The number of carbonyl (C=O) groups is 1. The number of hydrogen-bond acceptors (Lipinski definition) is 2. The van der Waals surface area contributed by atoms with E-state index in [0.717, 1.165) is 0 Å². The lowest BCUT2D eigenvalue weighted by Crippen LogP contribution is -2.49. The Hall–Kier alpha value is -0.0900. The van der Waals surface area contributed by atoms with Gasteiger partial charge in [0.25, 0.3) is 0 Å². The number of hydrogen-bond donors (Lipinski definition) is 1. The molecule has 2 unspecified atom stereocenters. The molecule has 0 bridgehead atoms. The molecular formula is C10H18BrNO2. The summed E-state index contributed by atoms with van der Waals surface area (Å²) in [5, 5.41) is 9.53. The summed E-state index contributed by atoms with van der Waals surface area (Å²) in [6, 6.07) is 0. The molecule has 14 heavy (non-hydrogen) atoms. The zero-order valence-corrected chi connectivity index (χ0v) is 10.5. The predicted molar refractivity (Wildman–Crippen MR) is 59.4 cm³/mol. The largest absolute Gasteiger partial charge is 0.393 e. The summed E-state index contributed by atoms with van der Waals surface area (Å²) >= 11 is 3.36. The van der Waals surface area contributed by atoms with Gasteiger partial charge in [-0.05, 0) is 26.2 Å². The van der Waals surface area contributed by atoms with Crippen molar-refractivity contribution in [2.45, 2.75) is 37.6 Å². The van der Waals surface area contributed by atoms with Crippen molar-refractivity contribution < 1.29 is 9.90 Å². The van der Waals surface area contributed by atoms with E-state index in [1.54, 1.807) is 0 Å². The van der Waals surface area contributed by atoms with Gasteiger partial charge in [0.1, 0.15) is 0 Å². The topological polar surface area (TPSA) is 40.5 Å². The van der Waals surface area contributed by atoms with Crippen molar-refractivity contribution in [3.63, 3.8) is 0 Å². The number of nitrogens with zero attached hydrogens (tertiary/aromatic N) is 1. The van der Waals surface area contributed by atoms with Crippen LogP contribution < -0.4 is 0 Å². The number of aliphatic hydroxyl groups excluding tert-OH is 1. The Labute approximate surface area is 93.6 Å². The van der Waals surface area contributed by atoms with Gasteiger partial charge < -0.3 is 10.0 Å². The van der Waals surface area contributed by atoms with Crippen LogP contribution in [0.5, 0.6) is 0 Å². The van der Waals surface area contributed by atoms with Crippen molar-refractivity contribution in [2.24, 2.45) is 5.92 Å². The van der Waals surface area contributed by atoms with E-state index in [1.165, 1.54) is 0 Å². The van der Waals surface area contributed by atoms with Crippen molar-refractivity contribution >= 4 is 21.8 Å². The first-order valence-corrected chi connectivity index (χ1v) is 5.78. The smallest absolute Gasteiger partial charge is 0.238 e. The van der Waals surface area contributed by atoms with E-state index < -0.39 is 4.32 Å². The minimum Gasteiger partial charge on any atom is -0.393 e. The summed E-state index contributed by atoms with van der Waals surface area (Å²) in [5.41, 5.74) is 0. The van der Waals surface area contributed by atoms with Crippen molar-refractivity contribution in [1.29, 1.82) is 0 Å². The zero-order valence-electron chi connectivity index (χ0n) is 8.96. The predicted octanol–water partition coefficient (Wildman–Crippen LogP) is 1.39. The summed E-state index contributed by atoms with van der Waals surface area (Å²) in [5.74, 6) is 0.291. The Kier molecular flexibility index (Phi) is 3.58. The maximum absolute atomic E-state index is 11.9. The number of aliphatic hydroxyl groups is 1. The van der Waals surface area contributed by atoms with E-state index in [0.29, 0.717) is 19.5 Å². The molecule has 0 aromatic carbocycles. The molecule has 3 nitrogen and oxygen atoms in total. The van der Waals surface area contributed by atoms with Gasteiger partial charge in [0.2, 0.25) is 5.91 Å². The summed E-state index contributed by atoms with van der Waals surface area (Å²) in [6.45, 7) is 7.01. The molecule has 1 N–H and O–H groups in total. The first-order valence-electron chi connectivity index (χ1n) is 4.98. The molecular weight excluding hydrogens is 246 g/mol. The lowest BCUT2D eigenvalue weighted by Gasteiger charge is -2.37. The van der Waals surface area contributed by atoms with E-state index in [9.17, 15) is 9.90 Å². The fraction of sp³-hybridized carbons (Fsp3) is 0.900. The van der Waals surface area contributed by atoms with Gasteiger partial charge in [0, 0.05) is 13.1 Å². The van der Waals surface area contributed by atoms with Crippen molar-refractivity contribution in [3.05, 3.63) is 0 Å². The van der Waals surface area contributed by atoms with Gasteiger partial charge in [-0.25, -0.2) is 0 Å². The van der Waals surface area contributed by atoms with Crippen LogP contribution in [0.4, 0.5) is 0 Å². The maximum atomic E-state index is 11.9. The Morgan fingerprint density at radius 1 is 1.57 bits per heavy atom. The molecule has 1 amide bonds. The average Bonchev–Trinajstić information content (AvgIpc) is 2.07. The lowest BCUT2D eigenvalue weighted by atomic mass is 9.96. The SMILES string of the molecule is CC1CN(C(=O)C(C)(C)Br)CCC1O. The molecule has 1 heterocycles. The van der Waals surface area contributed by atoms with Crippen LogP contribution in [-0.4, -0.2) is 39.4 Å². The molecule has 4 heteroatoms. The molecule has 0 radical (unpaired) electrons. The van der Waals surface area contributed by atoms with Crippen LogP contribution in [0, 0.1) is 5.92 Å². The van der Waals surface area contributed by atoms with Crippen LogP contribution in [0.3, 0.4) is 0 Å². The van der Waals surface area contributed by atoms with E-state index in [2.05, 4.69) is 15.9 Å². The number of rotatable bonds is 1. The molecule has 1 rings (SSSR count). The van der Waals surface area contributed by atoms with Crippen LogP contribution in [0.2, 0.25) is 0 Å². The molecule has 1 saturated heterocycles. The lowest BCUT2D eigenvalue weighted by molar-refractivity contribution is -0.136. The number of carbonyl (C=O) groups excluding carboxylic acids is 1. The maximum Gasteiger partial charge on any atom is 0.238 e. The van der Waals surface area contributed by atoms with Crippen molar-refractivity contribution in [1.82, 2.24) is 4.90 Å². The molecule has 2 atom stereocenters. The third-order valence-corrected chi connectivity index (χ3v) is 2.99. The molecule has 0 aromatic heterocycles. The van der Waals surface area contributed by atoms with E-state index >= 15 is 0 Å². The number of halogens is 1. The fourth-order valence-corrected chi connectivity index (χ4v) is 1.94. The number of alkyl halides is 1. The second-order valence-corrected chi connectivity index (χ2v) is 6.54. The minimum absolute atomic E-state index is 0.108. The highest BCUT2D eigenvalue weighted by Gasteiger charge is 2.33. The van der Waals surface area contributed by atoms with Gasteiger partial charge in [-0.1, -0.05) is 22.9 Å². The summed E-state index contributed by atoms with van der Waals surface area (Å²) in [7, 11) is 0. The molecule has 1 aliphatic heterocycles. The average molecular weight is 264 g/mol. The molecule has 0 aromatic rings. The Balaban J connectivity index is 2.59. The van der Waals surface area contributed by atoms with Crippen molar-refractivity contribution in [2.75, 3.05) is 13.1 Å². The highest BCUT2D eigenvalue weighted by molar-refractivity contribution is 9.10. The van der Waals surface area contributed by atoms with Gasteiger partial charge in [0.15, 0.2) is 0 Å². The third-order valence-electron chi connectivity index (χ3n) is 2.66. The van der Waals surface area contributed by atoms with Crippen LogP contribution in [-0.2, 0) is 4.79 Å². The normalized spacial score (nSPS) is 29.1. The van der Waals surface area contributed by atoms with Gasteiger partial charge in [-0.3, -0.25) is 4.79 Å². The second kappa shape index (κ2) is 4.19. The second-order valence-electron chi connectivity index (χ2n) is 4.56. The van der Waals surface area contributed by atoms with Crippen LogP contribution in [0.15, 0.2) is 0 Å². The molecule has 0 saturated carbocycles. The quantitative estimate of drug-likeness (QED) is 0.727. The van der Waals surface area contributed by atoms with Crippen LogP contribution >= 0.6 is 15.9 Å². The Bertz CT molecular complexity index is 225. The fourth-order valence-electron chi connectivity index (χ4n) is 1.69. The van der Waals surface area contributed by atoms with Gasteiger partial charge in [0.05, 0.1) is 10.4 Å². The first-order chi connectivity index (χ1) is 6.32. The first kappa shape index (κ1) is 12.0. The monoisotopic (exact) mass is 263 g/mol. The summed E-state index contributed by atoms with van der Waals surface area (Å²) < 4.78 is -0.491. The van der Waals surface area contributed by atoms with Gasteiger partial charge in [-0.2, -0.15) is 0 Å². The minimum atomic E-state index is -0.491. The standard InChI is InChI=1S/C10H18BrNO2/c1-7-6-12(5-4-8(7)13)9(14)10(2,3)11/h7-8,13H,4-6H2,1-3H3. The molecule has 82 valence electrons. The van der Waals surface area contributed by atoms with E-state index in [-0.39, 0.29) is 17.9 Å². The Morgan fingerprint density at radius 2 is 2.14 bits per heavy atom. The number of likely N-dealkylation sites (tertiary alicyclic amines) is 1.